The standard InChI is InChI=1S/C22H20N4O5/c27-19-22(20(28)25(21(29)23-19)13-14-5-2-1-3-6-14)12-15-11-16(26(30)31)8-9-17(15)24-10-4-7-18(22)24/h1-3,5-6,8-9,11,18H,4,7,10,12-13H2,(H,23,27,29)/t18-,22+/m1/s1. The molecule has 0 aromatic heterocycles. The number of nitrogens with zero attached hydrogens (tertiary/aromatic N) is 3. The second-order valence-electron chi connectivity index (χ2n) is 8.21. The van der Waals surface area contributed by atoms with Crippen LogP contribution in [-0.2, 0) is 22.6 Å². The Labute approximate surface area is 177 Å². The predicted octanol–water partition coefficient (Wildman–Crippen LogP) is 2.38. The number of benzene rings is 2. The van der Waals surface area contributed by atoms with Gasteiger partial charge in [0.15, 0.2) is 5.41 Å². The van der Waals surface area contributed by atoms with Gasteiger partial charge in [0.05, 0.1) is 17.5 Å². The largest absolute Gasteiger partial charge is 0.367 e. The molecule has 3 heterocycles. The van der Waals surface area contributed by atoms with E-state index in [9.17, 15) is 24.5 Å². The second kappa shape index (κ2) is 6.90. The first-order valence-electron chi connectivity index (χ1n) is 10.2. The molecule has 3 aliphatic heterocycles. The van der Waals surface area contributed by atoms with Crippen LogP contribution in [0.1, 0.15) is 24.0 Å². The summed E-state index contributed by atoms with van der Waals surface area (Å²) in [6.45, 7) is 0.694. The van der Waals surface area contributed by atoms with E-state index in [1.807, 2.05) is 35.2 Å². The average molecular weight is 420 g/mol. The van der Waals surface area contributed by atoms with E-state index in [0.29, 0.717) is 18.5 Å². The molecule has 2 fully saturated rings. The van der Waals surface area contributed by atoms with Gasteiger partial charge in [0.2, 0.25) is 11.8 Å². The summed E-state index contributed by atoms with van der Waals surface area (Å²) in [6, 6.07) is 12.5. The Kier molecular flexibility index (Phi) is 4.28. The van der Waals surface area contributed by atoms with Crippen LogP contribution in [0.2, 0.25) is 0 Å². The fraction of sp³-hybridized carbons (Fsp3) is 0.318. The number of hydrogen-bond donors (Lipinski definition) is 1. The minimum absolute atomic E-state index is 0.0222. The van der Waals surface area contributed by atoms with Gasteiger partial charge in [0.1, 0.15) is 0 Å². The number of amides is 4. The summed E-state index contributed by atoms with van der Waals surface area (Å²) < 4.78 is 0. The molecular weight excluding hydrogens is 400 g/mol. The average Bonchev–Trinajstić information content (AvgIpc) is 3.26. The zero-order chi connectivity index (χ0) is 21.8. The lowest BCUT2D eigenvalue weighted by molar-refractivity contribution is -0.384. The van der Waals surface area contributed by atoms with Crippen LogP contribution in [0.4, 0.5) is 16.2 Å². The molecular formula is C22H20N4O5. The maximum absolute atomic E-state index is 13.8. The molecule has 2 aromatic carbocycles. The monoisotopic (exact) mass is 420 g/mol. The van der Waals surface area contributed by atoms with Gasteiger partial charge in [-0.3, -0.25) is 29.9 Å². The number of nitrogens with one attached hydrogen (secondary N) is 1. The van der Waals surface area contributed by atoms with Gasteiger partial charge in [-0.25, -0.2) is 4.79 Å². The molecule has 4 amide bonds. The summed E-state index contributed by atoms with van der Waals surface area (Å²) in [4.78, 5) is 53.5. The molecule has 0 aliphatic carbocycles. The van der Waals surface area contributed by atoms with E-state index in [4.69, 9.17) is 0 Å². The molecule has 3 aliphatic rings. The first-order valence-corrected chi connectivity index (χ1v) is 10.2. The molecule has 1 spiro atoms. The smallest absolute Gasteiger partial charge is 0.331 e. The van der Waals surface area contributed by atoms with Gasteiger partial charge in [-0.2, -0.15) is 0 Å². The number of hydrogen-bond acceptors (Lipinski definition) is 6. The molecule has 0 bridgehead atoms. The van der Waals surface area contributed by atoms with Gasteiger partial charge in [-0.15, -0.1) is 0 Å². The molecule has 2 aromatic rings. The Morgan fingerprint density at radius 3 is 2.65 bits per heavy atom. The molecule has 2 saturated heterocycles. The van der Waals surface area contributed by atoms with E-state index in [2.05, 4.69) is 5.32 Å². The van der Waals surface area contributed by atoms with E-state index in [-0.39, 0.29) is 18.7 Å². The van der Waals surface area contributed by atoms with Crippen molar-refractivity contribution in [2.45, 2.75) is 31.8 Å². The molecule has 2 atom stereocenters. The van der Waals surface area contributed by atoms with Crippen LogP contribution >= 0.6 is 0 Å². The predicted molar refractivity (Wildman–Crippen MR) is 110 cm³/mol. The van der Waals surface area contributed by atoms with Crippen molar-refractivity contribution in [1.82, 2.24) is 10.2 Å². The Bertz CT molecular complexity index is 1120. The lowest BCUT2D eigenvalue weighted by Crippen LogP contribution is -2.70. The van der Waals surface area contributed by atoms with Crippen LogP contribution in [0.5, 0.6) is 0 Å². The Morgan fingerprint density at radius 2 is 1.90 bits per heavy atom. The molecule has 0 saturated carbocycles. The molecule has 31 heavy (non-hydrogen) atoms. The number of carbonyl (C=O) groups is 3. The fourth-order valence-electron chi connectivity index (χ4n) is 5.16. The minimum Gasteiger partial charge on any atom is -0.367 e. The molecule has 158 valence electrons. The van der Waals surface area contributed by atoms with Gasteiger partial charge in [0, 0.05) is 30.8 Å². The minimum atomic E-state index is -1.50. The lowest BCUT2D eigenvalue weighted by Gasteiger charge is -2.49. The number of anilines is 1. The van der Waals surface area contributed by atoms with Crippen molar-refractivity contribution in [2.24, 2.45) is 5.41 Å². The van der Waals surface area contributed by atoms with Crippen molar-refractivity contribution in [3.8, 4) is 0 Å². The van der Waals surface area contributed by atoms with Gasteiger partial charge < -0.3 is 4.90 Å². The van der Waals surface area contributed by atoms with Crippen LogP contribution in [-0.4, -0.2) is 40.3 Å². The fourth-order valence-corrected chi connectivity index (χ4v) is 5.16. The third-order valence-electron chi connectivity index (χ3n) is 6.56. The highest BCUT2D eigenvalue weighted by atomic mass is 16.6. The number of rotatable bonds is 3. The van der Waals surface area contributed by atoms with E-state index in [1.165, 1.54) is 12.1 Å². The molecule has 1 N–H and O–H groups in total. The number of carbonyl (C=O) groups excluding carboxylic acids is 3. The number of fused-ring (bicyclic) bond motifs is 4. The maximum Gasteiger partial charge on any atom is 0.331 e. The summed E-state index contributed by atoms with van der Waals surface area (Å²) in [5.41, 5.74) is 0.565. The Balaban J connectivity index is 1.60. The number of urea groups is 1. The highest BCUT2D eigenvalue weighted by Gasteiger charge is 2.62. The highest BCUT2D eigenvalue weighted by Crippen LogP contribution is 2.49. The van der Waals surface area contributed by atoms with Crippen molar-refractivity contribution in [3.63, 3.8) is 0 Å². The number of non-ortho nitro benzene ring substituents is 1. The SMILES string of the molecule is O=C1NC(=O)[C@@]2(Cc3cc([N+](=O)[O-])ccc3N3CCC[C@@H]32)C(=O)N1Cc1ccccc1. The van der Waals surface area contributed by atoms with Crippen LogP contribution < -0.4 is 10.2 Å². The molecule has 5 rings (SSSR count). The van der Waals surface area contributed by atoms with Crippen LogP contribution in [0.15, 0.2) is 48.5 Å². The third kappa shape index (κ3) is 2.80. The van der Waals surface area contributed by atoms with Gasteiger partial charge >= 0.3 is 6.03 Å². The lowest BCUT2D eigenvalue weighted by atomic mass is 9.68. The van der Waals surface area contributed by atoms with E-state index in [1.54, 1.807) is 6.07 Å². The quantitative estimate of drug-likeness (QED) is 0.463. The number of nitro benzene ring substituents is 1. The van der Waals surface area contributed by atoms with Crippen molar-refractivity contribution >= 4 is 29.2 Å². The third-order valence-corrected chi connectivity index (χ3v) is 6.56. The first kappa shape index (κ1) is 19.2. The van der Waals surface area contributed by atoms with Crippen LogP contribution in [0.3, 0.4) is 0 Å². The summed E-state index contributed by atoms with van der Waals surface area (Å²) in [5.74, 6) is -1.17. The van der Waals surface area contributed by atoms with Gasteiger partial charge in [-0.1, -0.05) is 30.3 Å². The molecule has 9 nitrogen and oxygen atoms in total. The zero-order valence-electron chi connectivity index (χ0n) is 16.6. The summed E-state index contributed by atoms with van der Waals surface area (Å²) in [6.07, 6.45) is 1.44. The zero-order valence-corrected chi connectivity index (χ0v) is 16.6. The van der Waals surface area contributed by atoms with Crippen molar-refractivity contribution < 1.29 is 19.3 Å². The molecule has 9 heteroatoms. The Morgan fingerprint density at radius 1 is 1.13 bits per heavy atom. The molecule has 0 radical (unpaired) electrons. The van der Waals surface area contributed by atoms with Crippen LogP contribution in [0.25, 0.3) is 0 Å². The van der Waals surface area contributed by atoms with Crippen LogP contribution in [0, 0.1) is 15.5 Å². The van der Waals surface area contributed by atoms with Crippen molar-refractivity contribution in [1.29, 1.82) is 0 Å². The van der Waals surface area contributed by atoms with Crippen molar-refractivity contribution in [2.75, 3.05) is 11.4 Å². The van der Waals surface area contributed by atoms with E-state index < -0.39 is 34.2 Å². The van der Waals surface area contributed by atoms with E-state index >= 15 is 0 Å². The number of nitro groups is 1. The highest BCUT2D eigenvalue weighted by molar-refractivity contribution is 6.20. The summed E-state index contributed by atoms with van der Waals surface area (Å²) >= 11 is 0. The number of imide groups is 2. The van der Waals surface area contributed by atoms with Gasteiger partial charge in [-0.05, 0) is 30.0 Å². The number of barbiturate groups is 1. The van der Waals surface area contributed by atoms with Crippen molar-refractivity contribution in [3.05, 3.63) is 69.8 Å². The topological polar surface area (TPSA) is 113 Å². The first-order chi connectivity index (χ1) is 14.9. The normalized spacial score (nSPS) is 24.8. The Hall–Kier alpha value is -3.75. The second-order valence-corrected chi connectivity index (χ2v) is 8.21. The van der Waals surface area contributed by atoms with Gasteiger partial charge in [0.25, 0.3) is 5.69 Å². The molecule has 0 unspecified atom stereocenters. The summed E-state index contributed by atoms with van der Waals surface area (Å²) in [5, 5.41) is 13.7. The van der Waals surface area contributed by atoms with E-state index in [0.717, 1.165) is 22.6 Å². The maximum atomic E-state index is 13.8. The summed E-state index contributed by atoms with van der Waals surface area (Å²) in [7, 11) is 0.